The van der Waals surface area contributed by atoms with Crippen LogP contribution in [0.5, 0.6) is 5.75 Å². The van der Waals surface area contributed by atoms with Crippen molar-refractivity contribution in [1.29, 1.82) is 0 Å². The molecule has 0 bridgehead atoms. The molecule has 0 spiro atoms. The van der Waals surface area contributed by atoms with Crippen molar-refractivity contribution >= 4 is 44.7 Å². The zero-order valence-electron chi connectivity index (χ0n) is 16.8. The second-order valence-corrected chi connectivity index (χ2v) is 7.79. The summed E-state index contributed by atoms with van der Waals surface area (Å²) >= 11 is 8.68. The maximum absolute atomic E-state index is 13.8. The molecule has 0 saturated heterocycles. The summed E-state index contributed by atoms with van der Waals surface area (Å²) in [5.74, 6) is -0.0733. The summed E-state index contributed by atoms with van der Waals surface area (Å²) in [7, 11) is 1.61. The molecule has 1 aromatic heterocycles. The lowest BCUT2D eigenvalue weighted by Gasteiger charge is -2.23. The Morgan fingerprint density at radius 1 is 1.35 bits per heavy atom. The fourth-order valence-corrected chi connectivity index (χ4v) is 3.66. The first-order valence-corrected chi connectivity index (χ1v) is 10.8. The number of benzene rings is 1. The second-order valence-electron chi connectivity index (χ2n) is 6.59. The van der Waals surface area contributed by atoms with E-state index in [4.69, 9.17) is 21.7 Å². The Hall–Kier alpha value is -2.56. The Morgan fingerprint density at radius 3 is 3.00 bits per heavy atom. The van der Waals surface area contributed by atoms with Gasteiger partial charge in [-0.2, -0.15) is 0 Å². The fourth-order valence-electron chi connectivity index (χ4n) is 2.98. The standard InChI is InChI=1S/C21H22BrFN4O3S/c1-29-9-10-30-17-12-24-7-5-13(17)11-26-15-6-8-25-20(28)18(15)21(31)27-16-4-2-3-14(23)19(16)22/h2-5,7,12,26H,6,8-11H2,1H3,(H,25,28)(H,27,31). The highest BCUT2D eigenvalue weighted by atomic mass is 79.9. The molecular weight excluding hydrogens is 487 g/mol. The molecule has 0 fully saturated rings. The van der Waals surface area contributed by atoms with Crippen molar-refractivity contribution in [1.82, 2.24) is 15.6 Å². The van der Waals surface area contributed by atoms with Gasteiger partial charge in [-0.25, -0.2) is 4.39 Å². The number of methoxy groups -OCH3 is 1. The van der Waals surface area contributed by atoms with Crippen molar-refractivity contribution in [2.24, 2.45) is 0 Å². The molecule has 3 N–H and O–H groups in total. The fraction of sp³-hybridized carbons (Fsp3) is 0.286. The van der Waals surface area contributed by atoms with Crippen LogP contribution in [0.3, 0.4) is 0 Å². The predicted octanol–water partition coefficient (Wildman–Crippen LogP) is 3.31. The molecule has 1 aliphatic heterocycles. The van der Waals surface area contributed by atoms with Crippen LogP contribution in [-0.4, -0.2) is 42.7 Å². The van der Waals surface area contributed by atoms with Gasteiger partial charge in [0.2, 0.25) is 0 Å². The second kappa shape index (κ2) is 11.2. The van der Waals surface area contributed by atoms with Gasteiger partial charge in [0.05, 0.1) is 28.5 Å². The third kappa shape index (κ3) is 5.99. The molecule has 1 amide bonds. The van der Waals surface area contributed by atoms with Crippen LogP contribution in [0.2, 0.25) is 0 Å². The number of hydrogen-bond donors (Lipinski definition) is 3. The largest absolute Gasteiger partial charge is 0.489 e. The smallest absolute Gasteiger partial charge is 0.256 e. The van der Waals surface area contributed by atoms with Gasteiger partial charge >= 0.3 is 0 Å². The molecule has 7 nitrogen and oxygen atoms in total. The summed E-state index contributed by atoms with van der Waals surface area (Å²) in [5, 5.41) is 9.07. The average molecular weight is 509 g/mol. The minimum absolute atomic E-state index is 0.206. The zero-order valence-corrected chi connectivity index (χ0v) is 19.2. The Morgan fingerprint density at radius 2 is 2.19 bits per heavy atom. The quantitative estimate of drug-likeness (QED) is 0.354. The first kappa shape index (κ1) is 23.1. The average Bonchev–Trinajstić information content (AvgIpc) is 2.76. The highest BCUT2D eigenvalue weighted by Crippen LogP contribution is 2.26. The van der Waals surface area contributed by atoms with Gasteiger partial charge in [-0.1, -0.05) is 18.3 Å². The molecular formula is C21H22BrFN4O3S. The first-order chi connectivity index (χ1) is 15.0. The van der Waals surface area contributed by atoms with Gasteiger partial charge in [-0.3, -0.25) is 9.78 Å². The normalized spacial score (nSPS) is 13.6. The molecule has 0 aliphatic carbocycles. The van der Waals surface area contributed by atoms with Crippen molar-refractivity contribution < 1.29 is 18.7 Å². The Kier molecular flexibility index (Phi) is 8.33. The molecule has 1 aliphatic rings. The zero-order chi connectivity index (χ0) is 22.2. The van der Waals surface area contributed by atoms with Gasteiger partial charge in [-0.15, -0.1) is 0 Å². The van der Waals surface area contributed by atoms with Gasteiger partial charge in [-0.05, 0) is 34.1 Å². The topological polar surface area (TPSA) is 84.5 Å². The van der Waals surface area contributed by atoms with E-state index >= 15 is 0 Å². The van der Waals surface area contributed by atoms with Crippen LogP contribution >= 0.6 is 28.1 Å². The van der Waals surface area contributed by atoms with E-state index in [1.54, 1.807) is 31.6 Å². The molecule has 3 rings (SSSR count). The van der Waals surface area contributed by atoms with Crippen LogP contribution in [-0.2, 0) is 16.1 Å². The number of carbonyl (C=O) groups is 1. The molecule has 31 heavy (non-hydrogen) atoms. The summed E-state index contributed by atoms with van der Waals surface area (Å²) in [5.41, 5.74) is 2.36. The van der Waals surface area contributed by atoms with Gasteiger partial charge in [0, 0.05) is 44.1 Å². The van der Waals surface area contributed by atoms with E-state index in [-0.39, 0.29) is 15.4 Å². The molecule has 10 heteroatoms. The van der Waals surface area contributed by atoms with Crippen molar-refractivity contribution in [2.45, 2.75) is 13.0 Å². The summed E-state index contributed by atoms with van der Waals surface area (Å²) in [6.07, 6.45) is 3.90. The van der Waals surface area contributed by atoms with Gasteiger partial charge in [0.1, 0.15) is 23.2 Å². The molecule has 2 aromatic rings. The van der Waals surface area contributed by atoms with Crippen LogP contribution in [0.1, 0.15) is 12.0 Å². The van der Waals surface area contributed by atoms with Gasteiger partial charge in [0.15, 0.2) is 0 Å². The van der Waals surface area contributed by atoms with Crippen LogP contribution < -0.4 is 20.7 Å². The number of nitrogens with zero attached hydrogens (tertiary/aromatic N) is 1. The van der Waals surface area contributed by atoms with E-state index < -0.39 is 5.82 Å². The number of halogens is 2. The number of hydrogen-bond acceptors (Lipinski definition) is 6. The van der Waals surface area contributed by atoms with Crippen molar-refractivity contribution in [3.05, 3.63) is 63.8 Å². The van der Waals surface area contributed by atoms with Crippen molar-refractivity contribution in [3.8, 4) is 5.75 Å². The van der Waals surface area contributed by atoms with Crippen molar-refractivity contribution in [2.75, 3.05) is 32.2 Å². The lowest BCUT2D eigenvalue weighted by Crippen LogP contribution is -2.39. The molecule has 0 unspecified atom stereocenters. The minimum Gasteiger partial charge on any atom is -0.489 e. The number of ether oxygens (including phenoxy) is 2. The number of carbonyl (C=O) groups excluding carboxylic acids is 1. The molecule has 0 atom stereocenters. The maximum Gasteiger partial charge on any atom is 0.256 e. The SMILES string of the molecule is COCCOc1cnccc1CNC1=C(C(=S)Nc2cccc(F)c2Br)C(=O)NCC1. The summed E-state index contributed by atoms with van der Waals surface area (Å²) in [6, 6.07) is 6.42. The first-order valence-electron chi connectivity index (χ1n) is 9.56. The van der Waals surface area contributed by atoms with E-state index in [0.717, 1.165) is 5.56 Å². The Labute approximate surface area is 193 Å². The molecule has 0 saturated carbocycles. The maximum atomic E-state index is 13.8. The van der Waals surface area contributed by atoms with Crippen molar-refractivity contribution in [3.63, 3.8) is 0 Å². The van der Waals surface area contributed by atoms with Crippen LogP contribution in [0.15, 0.2) is 52.4 Å². The minimum atomic E-state index is -0.424. The Bertz CT molecular complexity index is 1000. The number of pyridine rings is 1. The third-order valence-electron chi connectivity index (χ3n) is 4.52. The number of thiocarbonyl (C=S) groups is 1. The molecule has 1 aromatic carbocycles. The van der Waals surface area contributed by atoms with E-state index in [9.17, 15) is 9.18 Å². The summed E-state index contributed by atoms with van der Waals surface area (Å²) in [4.78, 5) is 16.9. The monoisotopic (exact) mass is 508 g/mol. The van der Waals surface area contributed by atoms with Gasteiger partial charge < -0.3 is 25.4 Å². The van der Waals surface area contributed by atoms with E-state index in [1.165, 1.54) is 6.07 Å². The van der Waals surface area contributed by atoms with Gasteiger partial charge in [0.25, 0.3) is 5.91 Å². The number of aromatic nitrogens is 1. The molecule has 164 valence electrons. The number of anilines is 1. The summed E-state index contributed by atoms with van der Waals surface area (Å²) < 4.78 is 24.8. The molecule has 0 radical (unpaired) electrons. The van der Waals surface area contributed by atoms with Crippen LogP contribution in [0.25, 0.3) is 0 Å². The predicted molar refractivity (Wildman–Crippen MR) is 123 cm³/mol. The lowest BCUT2D eigenvalue weighted by molar-refractivity contribution is -0.117. The number of rotatable bonds is 9. The highest BCUT2D eigenvalue weighted by Gasteiger charge is 2.25. The van der Waals surface area contributed by atoms with Crippen LogP contribution in [0, 0.1) is 5.82 Å². The molecule has 2 heterocycles. The Balaban J connectivity index is 1.78. The van der Waals surface area contributed by atoms with E-state index in [0.29, 0.717) is 55.4 Å². The number of nitrogens with one attached hydrogen (secondary N) is 3. The van der Waals surface area contributed by atoms with E-state index in [1.807, 2.05) is 6.07 Å². The lowest BCUT2D eigenvalue weighted by atomic mass is 10.1. The third-order valence-corrected chi connectivity index (χ3v) is 5.64. The highest BCUT2D eigenvalue weighted by molar-refractivity contribution is 9.10. The van der Waals surface area contributed by atoms with E-state index in [2.05, 4.69) is 36.9 Å². The number of amides is 1. The van der Waals surface area contributed by atoms with Crippen LogP contribution in [0.4, 0.5) is 10.1 Å². The summed E-state index contributed by atoms with van der Waals surface area (Å²) in [6.45, 7) is 1.78.